The molecule has 12 nitrogen and oxygen atoms in total. The van der Waals surface area contributed by atoms with Crippen molar-refractivity contribution in [2.45, 2.75) is 168 Å². The van der Waals surface area contributed by atoms with Gasteiger partial charge in [0.2, 0.25) is 23.5 Å². The van der Waals surface area contributed by atoms with Gasteiger partial charge in [-0.25, -0.2) is 0 Å². The second kappa shape index (κ2) is 26.8. The quantitative estimate of drug-likeness (QED) is 0.0506. The number of ether oxygens (including phenoxy) is 1. The van der Waals surface area contributed by atoms with Crippen molar-refractivity contribution in [2.75, 3.05) is 6.54 Å². The number of carbonyl (C=O) groups excluding carboxylic acids is 8. The molecular weight excluding hydrogens is 847 g/mol. The molecule has 12 heteroatoms. The Labute approximate surface area is 396 Å². The average Bonchev–Trinajstić information content (AvgIpc) is 3.78. The molecule has 3 aromatic carbocycles. The third-order valence-electron chi connectivity index (χ3n) is 13.9. The van der Waals surface area contributed by atoms with Crippen LogP contribution in [-0.2, 0) is 44.9 Å². The van der Waals surface area contributed by atoms with Crippen LogP contribution in [0, 0.1) is 23.7 Å². The Balaban J connectivity index is 1.30. The number of carbonyl (C=O) groups is 8. The number of nitrogens with zero attached hydrogens (tertiary/aromatic N) is 1. The van der Waals surface area contributed by atoms with Gasteiger partial charge in [0.1, 0.15) is 0 Å². The van der Waals surface area contributed by atoms with Crippen LogP contribution < -0.4 is 11.1 Å². The van der Waals surface area contributed by atoms with E-state index in [9.17, 15) is 33.6 Å². The van der Waals surface area contributed by atoms with Crippen molar-refractivity contribution in [2.24, 2.45) is 29.4 Å². The van der Waals surface area contributed by atoms with Gasteiger partial charge in [-0.15, -0.1) is 0 Å². The van der Waals surface area contributed by atoms with Crippen LogP contribution in [0.2, 0.25) is 0 Å². The first-order chi connectivity index (χ1) is 32.3. The smallest absolute Gasteiger partial charge is 0.227 e. The minimum absolute atomic E-state index is 0.00381. The normalized spacial score (nSPS) is 18.2. The molecule has 3 N–H and O–H groups in total. The van der Waals surface area contributed by atoms with E-state index in [1.165, 1.54) is 0 Å². The number of amides is 3. The first kappa shape index (κ1) is 52.6. The van der Waals surface area contributed by atoms with Gasteiger partial charge in [0.05, 0.1) is 24.8 Å². The topological polar surface area (TPSA) is 187 Å². The van der Waals surface area contributed by atoms with Crippen LogP contribution in [0.15, 0.2) is 72.8 Å². The van der Waals surface area contributed by atoms with Crippen LogP contribution >= 0.6 is 0 Å². The molecule has 2 fully saturated rings. The molecular formula is C55H73N3O9. The summed E-state index contributed by atoms with van der Waals surface area (Å²) in [6, 6.07) is 21.2. The van der Waals surface area contributed by atoms with E-state index in [0.717, 1.165) is 67.7 Å². The molecule has 0 aromatic heterocycles. The van der Waals surface area contributed by atoms with Gasteiger partial charge in [-0.3, -0.25) is 38.4 Å². The molecule has 362 valence electrons. The highest BCUT2D eigenvalue weighted by atomic mass is 16.5. The van der Waals surface area contributed by atoms with Gasteiger partial charge in [-0.1, -0.05) is 145 Å². The number of Topliss-reactive ketones (excluding diaryl/α,β-unsaturated/α-hetero) is 5. The van der Waals surface area contributed by atoms with Gasteiger partial charge in [0, 0.05) is 68.4 Å². The van der Waals surface area contributed by atoms with Crippen LogP contribution in [0.1, 0.15) is 159 Å². The Morgan fingerprint density at radius 3 is 2.12 bits per heavy atom. The highest BCUT2D eigenvalue weighted by molar-refractivity contribution is 6.38. The second-order valence-corrected chi connectivity index (χ2v) is 18.9. The van der Waals surface area contributed by atoms with Crippen molar-refractivity contribution in [3.63, 3.8) is 0 Å². The van der Waals surface area contributed by atoms with Crippen molar-refractivity contribution in [1.29, 1.82) is 0 Å². The molecule has 1 aliphatic carbocycles. The summed E-state index contributed by atoms with van der Waals surface area (Å²) < 4.78 is 6.36. The number of benzene rings is 3. The Kier molecular flexibility index (Phi) is 21.1. The monoisotopic (exact) mass is 920 g/mol. The van der Waals surface area contributed by atoms with Crippen LogP contribution in [0.5, 0.6) is 0 Å². The number of hydrogen-bond acceptors (Lipinski definition) is 9. The number of rotatable bonds is 29. The Morgan fingerprint density at radius 2 is 1.42 bits per heavy atom. The molecule has 6 atom stereocenters. The standard InChI is InChI=1S/C55H73N3O9/c1-4-7-21-41(54(56)65)32-50(61)46(28-8-5-2)57-52(63)30-29-48(59)53(64)40(18-6-3)31-51(62)47-33-42(67-36-37-19-11-9-12-20-37)35-58(47)55(66)45(39-22-13-10-14-23-39)34-49(60)44-27-17-25-38-24-15-16-26-43(38)44/h9,11-12,15-17,19-20,24-27,39-42,45-47H,4-8,10,13-14,18,21-23,28-36H2,1-3H3,(H2,56,65)(H,57,63)/t40?,41?,42-,45?,46?,47+/m1/s1. The minimum Gasteiger partial charge on any atom is -0.372 e. The van der Waals surface area contributed by atoms with E-state index in [0.29, 0.717) is 31.2 Å². The van der Waals surface area contributed by atoms with Crippen LogP contribution in [-0.4, -0.2) is 76.3 Å². The van der Waals surface area contributed by atoms with Gasteiger partial charge < -0.3 is 20.7 Å². The maximum atomic E-state index is 15.1. The first-order valence-corrected chi connectivity index (χ1v) is 25.0. The number of nitrogens with two attached hydrogens (primary N) is 1. The number of nitrogens with one attached hydrogen (secondary N) is 1. The summed E-state index contributed by atoms with van der Waals surface area (Å²) in [5.74, 6) is -5.92. The molecule has 1 saturated carbocycles. The summed E-state index contributed by atoms with van der Waals surface area (Å²) in [7, 11) is 0. The summed E-state index contributed by atoms with van der Waals surface area (Å²) in [6.07, 6.45) is 7.88. The lowest BCUT2D eigenvalue weighted by molar-refractivity contribution is -0.144. The maximum Gasteiger partial charge on any atom is 0.227 e. The molecule has 67 heavy (non-hydrogen) atoms. The summed E-state index contributed by atoms with van der Waals surface area (Å²) in [4.78, 5) is 111. The zero-order valence-electron chi connectivity index (χ0n) is 40.0. The van der Waals surface area contributed by atoms with Gasteiger partial charge in [-0.05, 0) is 54.4 Å². The van der Waals surface area contributed by atoms with E-state index < -0.39 is 65.7 Å². The molecule has 3 amide bonds. The third-order valence-corrected chi connectivity index (χ3v) is 13.9. The second-order valence-electron chi connectivity index (χ2n) is 18.9. The number of unbranched alkanes of at least 4 members (excludes halogenated alkanes) is 2. The van der Waals surface area contributed by atoms with Gasteiger partial charge in [0.15, 0.2) is 23.1 Å². The van der Waals surface area contributed by atoms with Crippen LogP contribution in [0.4, 0.5) is 0 Å². The zero-order chi connectivity index (χ0) is 48.3. The van der Waals surface area contributed by atoms with E-state index >= 15 is 4.79 Å². The predicted molar refractivity (Wildman–Crippen MR) is 259 cm³/mol. The maximum absolute atomic E-state index is 15.1. The van der Waals surface area contributed by atoms with Crippen molar-refractivity contribution in [3.05, 3.63) is 83.9 Å². The molecule has 0 radical (unpaired) electrons. The lowest BCUT2D eigenvalue weighted by atomic mass is 9.76. The number of ketones is 5. The fourth-order valence-electron chi connectivity index (χ4n) is 10.0. The van der Waals surface area contributed by atoms with Crippen molar-refractivity contribution in [1.82, 2.24) is 10.2 Å². The molecule has 1 aliphatic heterocycles. The molecule has 4 unspecified atom stereocenters. The SMILES string of the molecule is CCCCC(CC(=O)C(CCCC)NC(=O)CCC(=O)C(=O)C(CCC)CC(=O)[C@@H]1C[C@@H](OCc2ccccc2)CN1C(=O)C(CC(=O)c1cccc2ccccc12)C1CCCCC1)C(N)=O. The fourth-order valence-corrected chi connectivity index (χ4v) is 10.0. The van der Waals surface area contributed by atoms with Crippen molar-refractivity contribution >= 4 is 57.4 Å². The van der Waals surface area contributed by atoms with Gasteiger partial charge in [-0.2, -0.15) is 0 Å². The number of hydrogen-bond donors (Lipinski definition) is 2. The lowest BCUT2D eigenvalue weighted by Gasteiger charge is -2.34. The highest BCUT2D eigenvalue weighted by Crippen LogP contribution is 2.37. The minimum atomic E-state index is -0.955. The predicted octanol–water partition coefficient (Wildman–Crippen LogP) is 9.02. The van der Waals surface area contributed by atoms with Gasteiger partial charge >= 0.3 is 0 Å². The molecule has 1 heterocycles. The molecule has 3 aromatic rings. The summed E-state index contributed by atoms with van der Waals surface area (Å²) in [6.45, 7) is 6.24. The van der Waals surface area contributed by atoms with Crippen LogP contribution in [0.3, 0.4) is 0 Å². The highest BCUT2D eigenvalue weighted by Gasteiger charge is 2.45. The molecule has 1 saturated heterocycles. The average molecular weight is 920 g/mol. The fraction of sp³-hybridized carbons (Fsp3) is 0.564. The summed E-state index contributed by atoms with van der Waals surface area (Å²) >= 11 is 0. The molecule has 0 spiro atoms. The summed E-state index contributed by atoms with van der Waals surface area (Å²) in [5, 5.41) is 4.51. The number of likely N-dealkylation sites (tertiary alicyclic amines) is 1. The molecule has 5 rings (SSSR count). The van der Waals surface area contributed by atoms with Crippen LogP contribution in [0.25, 0.3) is 10.8 Å². The number of primary amides is 1. The third kappa shape index (κ3) is 15.3. The zero-order valence-corrected chi connectivity index (χ0v) is 40.0. The molecule has 0 bridgehead atoms. The largest absolute Gasteiger partial charge is 0.372 e. The van der Waals surface area contributed by atoms with Crippen molar-refractivity contribution < 1.29 is 43.1 Å². The van der Waals surface area contributed by atoms with E-state index in [-0.39, 0.29) is 80.9 Å². The van der Waals surface area contributed by atoms with E-state index in [4.69, 9.17) is 10.5 Å². The molecule has 2 aliphatic rings. The Hall–Kier alpha value is -5.36. The van der Waals surface area contributed by atoms with Gasteiger partial charge in [0.25, 0.3) is 0 Å². The number of fused-ring (bicyclic) bond motifs is 1. The van der Waals surface area contributed by atoms with E-state index in [1.807, 2.05) is 93.6 Å². The van der Waals surface area contributed by atoms with E-state index in [2.05, 4.69) is 5.32 Å². The summed E-state index contributed by atoms with van der Waals surface area (Å²) in [5.41, 5.74) is 7.10. The first-order valence-electron chi connectivity index (χ1n) is 25.0. The van der Waals surface area contributed by atoms with Crippen molar-refractivity contribution in [3.8, 4) is 0 Å². The van der Waals surface area contributed by atoms with E-state index in [1.54, 1.807) is 4.90 Å². The Bertz CT molecular complexity index is 2160. The lowest BCUT2D eigenvalue weighted by Crippen LogP contribution is -2.47. The Morgan fingerprint density at radius 1 is 0.731 bits per heavy atom.